The van der Waals surface area contributed by atoms with Crippen LogP contribution in [0.3, 0.4) is 0 Å². The first-order valence-electron chi connectivity index (χ1n) is 8.69. The molecule has 1 N–H and O–H groups in total. The predicted molar refractivity (Wildman–Crippen MR) is 85.9 cm³/mol. The van der Waals surface area contributed by atoms with E-state index in [4.69, 9.17) is 0 Å². The second-order valence-electron chi connectivity index (χ2n) is 7.03. The van der Waals surface area contributed by atoms with Gasteiger partial charge in [-0.3, -0.25) is 0 Å². The van der Waals surface area contributed by atoms with Crippen molar-refractivity contribution in [2.45, 2.75) is 58.4 Å². The van der Waals surface area contributed by atoms with Gasteiger partial charge in [-0.1, -0.05) is 25.8 Å². The molecule has 0 amide bonds. The zero-order valence-corrected chi connectivity index (χ0v) is 13.4. The molecule has 0 bridgehead atoms. The smallest absolute Gasteiger partial charge is 0.123 e. The van der Waals surface area contributed by atoms with Crippen molar-refractivity contribution in [3.63, 3.8) is 0 Å². The summed E-state index contributed by atoms with van der Waals surface area (Å²) in [4.78, 5) is 0. The molecule has 1 nitrogen and oxygen atoms in total. The van der Waals surface area contributed by atoms with Gasteiger partial charge in [0.25, 0.3) is 0 Å². The third kappa shape index (κ3) is 3.31. The molecule has 1 aromatic rings. The van der Waals surface area contributed by atoms with E-state index >= 15 is 0 Å². The zero-order chi connectivity index (χ0) is 14.8. The molecule has 0 aliphatic heterocycles. The SMILES string of the molecule is CCCNC(Cc1cc(F)ccc1C)C1C2CCCCC21. The topological polar surface area (TPSA) is 12.0 Å². The molecule has 0 saturated heterocycles. The lowest BCUT2D eigenvalue weighted by atomic mass is 9.96. The number of halogens is 1. The monoisotopic (exact) mass is 289 g/mol. The summed E-state index contributed by atoms with van der Waals surface area (Å²) in [6.07, 6.45) is 7.82. The maximum absolute atomic E-state index is 13.5. The molecule has 2 saturated carbocycles. The Labute approximate surface area is 128 Å². The van der Waals surface area contributed by atoms with Gasteiger partial charge < -0.3 is 5.32 Å². The van der Waals surface area contributed by atoms with Crippen LogP contribution in [0.5, 0.6) is 0 Å². The molecule has 116 valence electrons. The van der Waals surface area contributed by atoms with Crippen LogP contribution in [0.1, 0.15) is 50.2 Å². The van der Waals surface area contributed by atoms with Crippen molar-refractivity contribution in [1.82, 2.24) is 5.32 Å². The second-order valence-corrected chi connectivity index (χ2v) is 7.03. The number of hydrogen-bond donors (Lipinski definition) is 1. The molecular weight excluding hydrogens is 261 g/mol. The molecule has 0 heterocycles. The maximum atomic E-state index is 13.5. The lowest BCUT2D eigenvalue weighted by Gasteiger charge is -2.20. The number of aryl methyl sites for hydroxylation is 1. The summed E-state index contributed by atoms with van der Waals surface area (Å²) >= 11 is 0. The largest absolute Gasteiger partial charge is 0.313 e. The van der Waals surface area contributed by atoms with E-state index in [-0.39, 0.29) is 5.82 Å². The summed E-state index contributed by atoms with van der Waals surface area (Å²) in [5, 5.41) is 3.76. The van der Waals surface area contributed by atoms with Crippen molar-refractivity contribution >= 4 is 0 Å². The number of rotatable bonds is 6. The Morgan fingerprint density at radius 3 is 2.62 bits per heavy atom. The molecule has 2 fully saturated rings. The van der Waals surface area contributed by atoms with E-state index in [1.807, 2.05) is 6.07 Å². The number of nitrogens with one attached hydrogen (secondary N) is 1. The van der Waals surface area contributed by atoms with Gasteiger partial charge in [0.1, 0.15) is 5.82 Å². The Hall–Kier alpha value is -0.890. The fourth-order valence-electron chi connectivity index (χ4n) is 4.42. The summed E-state index contributed by atoms with van der Waals surface area (Å²) in [5.41, 5.74) is 2.41. The average molecular weight is 289 g/mol. The highest BCUT2D eigenvalue weighted by molar-refractivity contribution is 5.28. The molecule has 3 unspecified atom stereocenters. The molecule has 3 rings (SSSR count). The normalized spacial score (nSPS) is 29.0. The lowest BCUT2D eigenvalue weighted by molar-refractivity contribution is 0.426. The van der Waals surface area contributed by atoms with Gasteiger partial charge in [-0.05, 0) is 80.2 Å². The highest BCUT2D eigenvalue weighted by Crippen LogP contribution is 2.57. The van der Waals surface area contributed by atoms with Crippen LogP contribution in [0.4, 0.5) is 4.39 Å². The van der Waals surface area contributed by atoms with E-state index in [2.05, 4.69) is 19.2 Å². The van der Waals surface area contributed by atoms with Gasteiger partial charge in [0.15, 0.2) is 0 Å². The van der Waals surface area contributed by atoms with Crippen LogP contribution >= 0.6 is 0 Å². The van der Waals surface area contributed by atoms with Crippen LogP contribution in [-0.2, 0) is 6.42 Å². The Balaban J connectivity index is 1.72. The predicted octanol–water partition coefficient (Wildman–Crippen LogP) is 4.48. The van der Waals surface area contributed by atoms with Crippen molar-refractivity contribution in [1.29, 1.82) is 0 Å². The van der Waals surface area contributed by atoms with E-state index in [1.165, 1.54) is 43.2 Å². The van der Waals surface area contributed by atoms with E-state index < -0.39 is 0 Å². The van der Waals surface area contributed by atoms with E-state index in [9.17, 15) is 4.39 Å². The Morgan fingerprint density at radius 1 is 1.24 bits per heavy atom. The average Bonchev–Trinajstić information content (AvgIpc) is 3.21. The van der Waals surface area contributed by atoms with Crippen LogP contribution < -0.4 is 5.32 Å². The van der Waals surface area contributed by atoms with Gasteiger partial charge in [-0.15, -0.1) is 0 Å². The van der Waals surface area contributed by atoms with Crippen LogP contribution in [0, 0.1) is 30.5 Å². The fraction of sp³-hybridized carbons (Fsp3) is 0.684. The first-order chi connectivity index (χ1) is 10.2. The standard InChI is InChI=1S/C19H28FN/c1-3-10-21-18(19-16-6-4-5-7-17(16)19)12-14-11-15(20)9-8-13(14)2/h8-9,11,16-19,21H,3-7,10,12H2,1-2H3. The Morgan fingerprint density at radius 2 is 1.95 bits per heavy atom. The Kier molecular flexibility index (Phi) is 4.63. The molecular formula is C19H28FN. The van der Waals surface area contributed by atoms with Gasteiger partial charge in [-0.25, -0.2) is 4.39 Å². The van der Waals surface area contributed by atoms with Crippen LogP contribution in [-0.4, -0.2) is 12.6 Å². The maximum Gasteiger partial charge on any atom is 0.123 e. The van der Waals surface area contributed by atoms with Gasteiger partial charge in [0.05, 0.1) is 0 Å². The van der Waals surface area contributed by atoms with Crippen molar-refractivity contribution in [2.24, 2.45) is 17.8 Å². The summed E-state index contributed by atoms with van der Waals surface area (Å²) in [7, 11) is 0. The molecule has 3 atom stereocenters. The van der Waals surface area contributed by atoms with Crippen molar-refractivity contribution < 1.29 is 4.39 Å². The summed E-state index contributed by atoms with van der Waals surface area (Å²) in [6, 6.07) is 5.77. The third-order valence-electron chi connectivity index (χ3n) is 5.59. The minimum absolute atomic E-state index is 0.0990. The number of benzene rings is 1. The minimum Gasteiger partial charge on any atom is -0.313 e. The summed E-state index contributed by atoms with van der Waals surface area (Å²) in [6.45, 7) is 5.40. The quantitative estimate of drug-likeness (QED) is 0.814. The zero-order valence-electron chi connectivity index (χ0n) is 13.4. The van der Waals surface area contributed by atoms with Gasteiger partial charge >= 0.3 is 0 Å². The second kappa shape index (κ2) is 6.48. The molecule has 2 aliphatic carbocycles. The van der Waals surface area contributed by atoms with E-state index in [0.29, 0.717) is 6.04 Å². The van der Waals surface area contributed by atoms with Gasteiger partial charge in [0.2, 0.25) is 0 Å². The molecule has 2 aliphatic rings. The van der Waals surface area contributed by atoms with Crippen molar-refractivity contribution in [3.8, 4) is 0 Å². The fourth-order valence-corrected chi connectivity index (χ4v) is 4.42. The van der Waals surface area contributed by atoms with Gasteiger partial charge in [0, 0.05) is 6.04 Å². The number of hydrogen-bond acceptors (Lipinski definition) is 1. The molecule has 21 heavy (non-hydrogen) atoms. The van der Waals surface area contributed by atoms with E-state index in [0.717, 1.165) is 30.7 Å². The summed E-state index contributed by atoms with van der Waals surface area (Å²) < 4.78 is 13.5. The number of fused-ring (bicyclic) bond motifs is 1. The van der Waals surface area contributed by atoms with Crippen molar-refractivity contribution in [3.05, 3.63) is 35.1 Å². The summed E-state index contributed by atoms with van der Waals surface area (Å²) in [5.74, 6) is 2.63. The van der Waals surface area contributed by atoms with Crippen LogP contribution in [0.25, 0.3) is 0 Å². The van der Waals surface area contributed by atoms with Crippen LogP contribution in [0.2, 0.25) is 0 Å². The first-order valence-corrected chi connectivity index (χ1v) is 8.69. The highest BCUT2D eigenvalue weighted by atomic mass is 19.1. The highest BCUT2D eigenvalue weighted by Gasteiger charge is 2.53. The molecule has 1 aromatic carbocycles. The molecule has 0 radical (unpaired) electrons. The Bertz CT molecular complexity index is 472. The van der Waals surface area contributed by atoms with Crippen LogP contribution in [0.15, 0.2) is 18.2 Å². The molecule has 0 aromatic heterocycles. The van der Waals surface area contributed by atoms with E-state index in [1.54, 1.807) is 12.1 Å². The third-order valence-corrected chi connectivity index (χ3v) is 5.59. The minimum atomic E-state index is -0.0990. The lowest BCUT2D eigenvalue weighted by Crippen LogP contribution is -2.35. The van der Waals surface area contributed by atoms with Crippen molar-refractivity contribution in [2.75, 3.05) is 6.54 Å². The van der Waals surface area contributed by atoms with Gasteiger partial charge in [-0.2, -0.15) is 0 Å². The first kappa shape index (κ1) is 15.0. The molecule has 2 heteroatoms. The molecule has 0 spiro atoms.